The van der Waals surface area contributed by atoms with Crippen molar-refractivity contribution in [3.05, 3.63) is 29.3 Å². The summed E-state index contributed by atoms with van der Waals surface area (Å²) in [5, 5.41) is 2.64. The van der Waals surface area contributed by atoms with E-state index < -0.39 is 0 Å². The van der Waals surface area contributed by atoms with Crippen LogP contribution in [-0.4, -0.2) is 37.4 Å². The summed E-state index contributed by atoms with van der Waals surface area (Å²) in [5.41, 5.74) is 7.29. The first-order valence-electron chi connectivity index (χ1n) is 5.28. The number of nitrogens with one attached hydrogen (secondary N) is 1. The maximum absolute atomic E-state index is 11.8. The Hall–Kier alpha value is -1.59. The van der Waals surface area contributed by atoms with Gasteiger partial charge in [-0.15, -0.1) is 12.4 Å². The minimum atomic E-state index is -0.254. The van der Waals surface area contributed by atoms with Crippen molar-refractivity contribution in [2.24, 2.45) is 5.73 Å². The molecule has 0 saturated heterocycles. The lowest BCUT2D eigenvalue weighted by molar-refractivity contribution is -0.114. The van der Waals surface area contributed by atoms with Gasteiger partial charge in [0.05, 0.1) is 6.54 Å². The summed E-state index contributed by atoms with van der Waals surface area (Å²) in [5.74, 6) is -0.310. The molecule has 0 fully saturated rings. The van der Waals surface area contributed by atoms with Crippen LogP contribution in [0.4, 0.5) is 5.69 Å². The molecule has 0 atom stereocenters. The quantitative estimate of drug-likeness (QED) is 0.862. The Kier molecular flexibility index (Phi) is 6.36. The van der Waals surface area contributed by atoms with Crippen LogP contribution in [-0.2, 0) is 4.79 Å². The van der Waals surface area contributed by atoms with Crippen molar-refractivity contribution in [2.75, 3.05) is 26.0 Å². The van der Waals surface area contributed by atoms with Gasteiger partial charge in [0.1, 0.15) is 0 Å². The van der Waals surface area contributed by atoms with Crippen LogP contribution in [0.5, 0.6) is 0 Å². The smallest absolute Gasteiger partial charge is 0.253 e. The summed E-state index contributed by atoms with van der Waals surface area (Å²) in [6.45, 7) is 1.77. The number of amides is 2. The number of anilines is 1. The SMILES string of the molecule is Cc1cc(NC(=O)CN)ccc1C(=O)N(C)C.Cl. The molecule has 1 aromatic rings. The number of nitrogens with two attached hydrogens (primary N) is 1. The van der Waals surface area contributed by atoms with Crippen LogP contribution >= 0.6 is 12.4 Å². The van der Waals surface area contributed by atoms with Gasteiger partial charge in [-0.05, 0) is 30.7 Å². The summed E-state index contributed by atoms with van der Waals surface area (Å²) in [7, 11) is 3.40. The molecule has 0 spiro atoms. The number of halogens is 1. The fourth-order valence-electron chi connectivity index (χ4n) is 1.43. The second-order valence-corrected chi connectivity index (χ2v) is 3.98. The molecule has 1 aromatic carbocycles. The minimum Gasteiger partial charge on any atom is -0.345 e. The summed E-state index contributed by atoms with van der Waals surface area (Å²) in [4.78, 5) is 24.4. The first-order valence-corrected chi connectivity index (χ1v) is 5.28. The number of nitrogens with zero attached hydrogens (tertiary/aromatic N) is 1. The van der Waals surface area contributed by atoms with E-state index in [1.807, 2.05) is 6.92 Å². The van der Waals surface area contributed by atoms with Gasteiger partial charge in [0, 0.05) is 25.3 Å². The Balaban J connectivity index is 0.00000289. The van der Waals surface area contributed by atoms with Crippen molar-refractivity contribution in [3.8, 4) is 0 Å². The molecule has 0 aliphatic heterocycles. The topological polar surface area (TPSA) is 75.4 Å². The fourth-order valence-corrected chi connectivity index (χ4v) is 1.43. The van der Waals surface area contributed by atoms with Crippen molar-refractivity contribution in [1.29, 1.82) is 0 Å². The summed E-state index contributed by atoms with van der Waals surface area (Å²) >= 11 is 0. The number of benzene rings is 1. The van der Waals surface area contributed by atoms with Gasteiger partial charge < -0.3 is 16.0 Å². The number of hydrogen-bond donors (Lipinski definition) is 2. The molecule has 0 heterocycles. The van der Waals surface area contributed by atoms with Crippen LogP contribution < -0.4 is 11.1 Å². The van der Waals surface area contributed by atoms with Crippen LogP contribution in [0.1, 0.15) is 15.9 Å². The molecule has 2 amide bonds. The summed E-state index contributed by atoms with van der Waals surface area (Å²) in [6, 6.07) is 5.14. The van der Waals surface area contributed by atoms with Crippen LogP contribution in [0, 0.1) is 6.92 Å². The standard InChI is InChI=1S/C12H17N3O2.ClH/c1-8-6-9(14-11(16)7-13)4-5-10(8)12(17)15(2)3;/h4-6H,7,13H2,1-3H3,(H,14,16);1H. The second-order valence-electron chi connectivity index (χ2n) is 3.98. The van der Waals surface area contributed by atoms with E-state index in [2.05, 4.69) is 5.32 Å². The molecule has 0 unspecified atom stereocenters. The number of aryl methyl sites for hydroxylation is 1. The predicted molar refractivity (Wildman–Crippen MR) is 74.1 cm³/mol. The van der Waals surface area contributed by atoms with Crippen molar-refractivity contribution < 1.29 is 9.59 Å². The Morgan fingerprint density at radius 2 is 1.94 bits per heavy atom. The monoisotopic (exact) mass is 271 g/mol. The second kappa shape index (κ2) is 6.98. The van der Waals surface area contributed by atoms with Gasteiger partial charge in [0.25, 0.3) is 5.91 Å². The summed E-state index contributed by atoms with van der Waals surface area (Å²) < 4.78 is 0. The van der Waals surface area contributed by atoms with E-state index in [0.29, 0.717) is 11.3 Å². The van der Waals surface area contributed by atoms with Crippen LogP contribution in [0.3, 0.4) is 0 Å². The van der Waals surface area contributed by atoms with Gasteiger partial charge in [0.15, 0.2) is 0 Å². The van der Waals surface area contributed by atoms with Crippen LogP contribution in [0.15, 0.2) is 18.2 Å². The highest BCUT2D eigenvalue weighted by molar-refractivity contribution is 5.97. The molecule has 0 aromatic heterocycles. The van der Waals surface area contributed by atoms with Gasteiger partial charge in [-0.3, -0.25) is 9.59 Å². The number of carbonyl (C=O) groups excluding carboxylic acids is 2. The Labute approximate surface area is 113 Å². The summed E-state index contributed by atoms with van der Waals surface area (Å²) in [6.07, 6.45) is 0. The van der Waals surface area contributed by atoms with Crippen molar-refractivity contribution in [1.82, 2.24) is 4.90 Å². The van der Waals surface area contributed by atoms with E-state index in [1.54, 1.807) is 32.3 Å². The molecule has 0 radical (unpaired) electrons. The van der Waals surface area contributed by atoms with Gasteiger partial charge >= 0.3 is 0 Å². The lowest BCUT2D eigenvalue weighted by Gasteiger charge is -2.13. The lowest BCUT2D eigenvalue weighted by Crippen LogP contribution is -2.23. The number of hydrogen-bond acceptors (Lipinski definition) is 3. The average Bonchev–Trinajstić information content (AvgIpc) is 2.28. The Morgan fingerprint density at radius 3 is 2.39 bits per heavy atom. The maximum atomic E-state index is 11.8. The van der Waals surface area contributed by atoms with Gasteiger partial charge in [0.2, 0.25) is 5.91 Å². The first-order chi connectivity index (χ1) is 7.95. The molecule has 0 bridgehead atoms. The molecule has 1 rings (SSSR count). The third-order valence-corrected chi connectivity index (χ3v) is 2.33. The molecular formula is C12H18ClN3O2. The molecule has 3 N–H and O–H groups in total. The number of carbonyl (C=O) groups is 2. The zero-order valence-electron chi connectivity index (χ0n) is 10.7. The highest BCUT2D eigenvalue weighted by atomic mass is 35.5. The van der Waals surface area contributed by atoms with E-state index in [-0.39, 0.29) is 30.8 Å². The fraction of sp³-hybridized carbons (Fsp3) is 0.333. The van der Waals surface area contributed by atoms with E-state index >= 15 is 0 Å². The van der Waals surface area contributed by atoms with Crippen molar-refractivity contribution in [2.45, 2.75) is 6.92 Å². The van der Waals surface area contributed by atoms with E-state index in [4.69, 9.17) is 5.73 Å². The highest BCUT2D eigenvalue weighted by Crippen LogP contribution is 2.16. The van der Waals surface area contributed by atoms with E-state index in [9.17, 15) is 9.59 Å². The molecule has 100 valence electrons. The minimum absolute atomic E-state index is 0. The zero-order chi connectivity index (χ0) is 13.0. The van der Waals surface area contributed by atoms with Crippen LogP contribution in [0.2, 0.25) is 0 Å². The number of rotatable bonds is 3. The van der Waals surface area contributed by atoms with Gasteiger partial charge in [-0.1, -0.05) is 0 Å². The molecular weight excluding hydrogens is 254 g/mol. The van der Waals surface area contributed by atoms with Gasteiger partial charge in [-0.2, -0.15) is 0 Å². The third kappa shape index (κ3) is 4.01. The van der Waals surface area contributed by atoms with Crippen LogP contribution in [0.25, 0.3) is 0 Å². The zero-order valence-corrected chi connectivity index (χ0v) is 11.5. The van der Waals surface area contributed by atoms with Crippen molar-refractivity contribution in [3.63, 3.8) is 0 Å². The van der Waals surface area contributed by atoms with Gasteiger partial charge in [-0.25, -0.2) is 0 Å². The predicted octanol–water partition coefficient (Wildman–Crippen LogP) is 1.02. The van der Waals surface area contributed by atoms with Crippen molar-refractivity contribution >= 4 is 29.9 Å². The molecule has 0 saturated carbocycles. The average molecular weight is 272 g/mol. The Bertz CT molecular complexity index is 447. The maximum Gasteiger partial charge on any atom is 0.253 e. The highest BCUT2D eigenvalue weighted by Gasteiger charge is 2.11. The molecule has 6 heteroatoms. The molecule has 0 aliphatic rings. The molecule has 5 nitrogen and oxygen atoms in total. The first kappa shape index (κ1) is 16.4. The van der Waals surface area contributed by atoms with E-state index in [0.717, 1.165) is 5.56 Å². The molecule has 0 aliphatic carbocycles. The molecule has 18 heavy (non-hydrogen) atoms. The Morgan fingerprint density at radius 1 is 1.33 bits per heavy atom. The lowest BCUT2D eigenvalue weighted by atomic mass is 10.1. The largest absolute Gasteiger partial charge is 0.345 e. The third-order valence-electron chi connectivity index (χ3n) is 2.33. The normalized spacial score (nSPS) is 9.33. The van der Waals surface area contributed by atoms with E-state index in [1.165, 1.54) is 4.90 Å².